The van der Waals surface area contributed by atoms with Crippen LogP contribution in [0.5, 0.6) is 0 Å². The van der Waals surface area contributed by atoms with Gasteiger partial charge in [-0.2, -0.15) is 10.1 Å². The molecule has 2 aromatic carbocycles. The number of aryl methyl sites for hydroxylation is 1. The highest BCUT2D eigenvalue weighted by Crippen LogP contribution is 2.25. The molecule has 0 aliphatic carbocycles. The quantitative estimate of drug-likeness (QED) is 0.254. The van der Waals surface area contributed by atoms with E-state index in [0.717, 1.165) is 16.6 Å². The number of nitrogen functional groups attached to an aromatic ring is 1. The van der Waals surface area contributed by atoms with Gasteiger partial charge in [0.05, 0.1) is 22.1 Å². The third-order valence-electron chi connectivity index (χ3n) is 4.45. The number of aromatic amines is 1. The fraction of sp³-hybridized carbons (Fsp3) is 0.0526. The van der Waals surface area contributed by atoms with Gasteiger partial charge >= 0.3 is 0 Å². The molecule has 0 radical (unpaired) electrons. The zero-order valence-corrected chi connectivity index (χ0v) is 14.4. The molecular weight excluding hydrogens is 342 g/mol. The summed E-state index contributed by atoms with van der Waals surface area (Å²) in [4.78, 5) is 22.3. The third kappa shape index (κ3) is 2.38. The van der Waals surface area contributed by atoms with E-state index in [-0.39, 0.29) is 5.56 Å². The minimum atomic E-state index is -0.178. The summed E-state index contributed by atoms with van der Waals surface area (Å²) >= 11 is 0. The van der Waals surface area contributed by atoms with E-state index in [2.05, 4.69) is 25.5 Å². The molecule has 0 atom stereocenters. The predicted molar refractivity (Wildman–Crippen MR) is 105 cm³/mol. The molecule has 0 aliphatic rings. The molecule has 27 heavy (non-hydrogen) atoms. The maximum atomic E-state index is 13.1. The number of aromatic nitrogens is 5. The Bertz CT molecular complexity index is 1400. The van der Waals surface area contributed by atoms with Gasteiger partial charge in [-0.25, -0.2) is 9.38 Å². The van der Waals surface area contributed by atoms with Crippen LogP contribution in [0.15, 0.2) is 53.3 Å². The third-order valence-corrected chi connectivity index (χ3v) is 4.45. The van der Waals surface area contributed by atoms with Crippen molar-refractivity contribution in [2.45, 2.75) is 6.92 Å². The second-order valence-corrected chi connectivity index (χ2v) is 6.35. The minimum Gasteiger partial charge on any atom is -0.399 e. The lowest BCUT2D eigenvalue weighted by molar-refractivity contribution is 1.04. The Balaban J connectivity index is 1.87. The smallest absolute Gasteiger partial charge is 0.267 e. The van der Waals surface area contributed by atoms with Gasteiger partial charge in [-0.05, 0) is 37.3 Å². The van der Waals surface area contributed by atoms with Crippen LogP contribution in [0.25, 0.3) is 27.6 Å². The molecule has 5 aromatic rings. The van der Waals surface area contributed by atoms with Gasteiger partial charge in [0.1, 0.15) is 11.6 Å². The molecule has 8 nitrogen and oxygen atoms in total. The second-order valence-electron chi connectivity index (χ2n) is 6.35. The van der Waals surface area contributed by atoms with Crippen LogP contribution in [0.1, 0.15) is 5.69 Å². The highest BCUT2D eigenvalue weighted by Gasteiger charge is 2.14. The number of H-pyrrole nitrogens is 1. The zero-order valence-electron chi connectivity index (χ0n) is 14.4. The Morgan fingerprint density at radius 1 is 1.07 bits per heavy atom. The summed E-state index contributed by atoms with van der Waals surface area (Å²) in [7, 11) is 0. The van der Waals surface area contributed by atoms with Crippen molar-refractivity contribution in [3.63, 3.8) is 0 Å². The molecule has 0 saturated heterocycles. The molecule has 3 heterocycles. The average molecular weight is 357 g/mol. The summed E-state index contributed by atoms with van der Waals surface area (Å²) in [6.07, 6.45) is 0. The number of nitrogens with one attached hydrogen (secondary N) is 2. The molecule has 0 spiro atoms. The van der Waals surface area contributed by atoms with Crippen LogP contribution >= 0.6 is 0 Å². The molecular formula is C19H15N7O. The fourth-order valence-electron chi connectivity index (χ4n) is 3.22. The van der Waals surface area contributed by atoms with Gasteiger partial charge in [0.2, 0.25) is 5.78 Å². The Morgan fingerprint density at radius 2 is 1.93 bits per heavy atom. The minimum absolute atomic E-state index is 0.178. The standard InChI is InChI=1S/C19H15N7O/c1-10-8-16(25-24-10)22-17-13-4-2-3-5-15(13)26-18(27)12-7-6-11(20)9-14(12)21-19(26)23-17/h2-9H,20H2,1H3,(H2,21,22,23,24,25). The van der Waals surface area contributed by atoms with E-state index in [9.17, 15) is 4.79 Å². The lowest BCUT2D eigenvalue weighted by Crippen LogP contribution is -2.18. The predicted octanol–water partition coefficient (Wildman–Crippen LogP) is 2.75. The van der Waals surface area contributed by atoms with E-state index < -0.39 is 0 Å². The normalized spacial score (nSPS) is 11.4. The summed E-state index contributed by atoms with van der Waals surface area (Å²) in [6.45, 7) is 1.89. The zero-order chi connectivity index (χ0) is 18.5. The van der Waals surface area contributed by atoms with Gasteiger partial charge in [0.25, 0.3) is 5.56 Å². The largest absolute Gasteiger partial charge is 0.399 e. The van der Waals surface area contributed by atoms with Crippen molar-refractivity contribution < 1.29 is 0 Å². The van der Waals surface area contributed by atoms with Gasteiger partial charge < -0.3 is 11.1 Å². The molecule has 3 aromatic heterocycles. The van der Waals surface area contributed by atoms with Gasteiger partial charge in [0, 0.05) is 17.1 Å². The highest BCUT2D eigenvalue weighted by atomic mass is 16.1. The number of para-hydroxylation sites is 1. The van der Waals surface area contributed by atoms with Crippen molar-refractivity contribution >= 4 is 44.9 Å². The van der Waals surface area contributed by atoms with Gasteiger partial charge in [0.15, 0.2) is 0 Å². The highest BCUT2D eigenvalue weighted by molar-refractivity contribution is 5.94. The lowest BCUT2D eigenvalue weighted by Gasteiger charge is -2.11. The van der Waals surface area contributed by atoms with Crippen LogP contribution in [-0.2, 0) is 0 Å². The number of benzene rings is 2. The first-order valence-electron chi connectivity index (χ1n) is 8.40. The van der Waals surface area contributed by atoms with Crippen LogP contribution < -0.4 is 16.6 Å². The summed E-state index contributed by atoms with van der Waals surface area (Å²) in [5, 5.41) is 11.6. The average Bonchev–Trinajstić information content (AvgIpc) is 3.06. The van der Waals surface area contributed by atoms with Crippen molar-refractivity contribution in [3.05, 3.63) is 64.6 Å². The van der Waals surface area contributed by atoms with Crippen LogP contribution in [-0.4, -0.2) is 24.6 Å². The van der Waals surface area contributed by atoms with Crippen LogP contribution in [0.3, 0.4) is 0 Å². The summed E-state index contributed by atoms with van der Waals surface area (Å²) in [6, 6.07) is 14.5. The SMILES string of the molecule is Cc1cc(Nc2nc3nc4cc(N)ccc4c(=O)n3c3ccccc23)[nH]n1. The molecule has 0 amide bonds. The Morgan fingerprint density at radius 3 is 2.74 bits per heavy atom. The fourth-order valence-corrected chi connectivity index (χ4v) is 3.22. The van der Waals surface area contributed by atoms with E-state index in [1.165, 1.54) is 4.40 Å². The molecule has 0 fully saturated rings. The molecule has 0 saturated carbocycles. The van der Waals surface area contributed by atoms with E-state index >= 15 is 0 Å². The van der Waals surface area contributed by atoms with Gasteiger partial charge in [-0.3, -0.25) is 9.89 Å². The molecule has 132 valence electrons. The molecule has 0 unspecified atom stereocenters. The first-order valence-corrected chi connectivity index (χ1v) is 8.40. The summed E-state index contributed by atoms with van der Waals surface area (Å²) < 4.78 is 1.53. The van der Waals surface area contributed by atoms with Crippen molar-refractivity contribution in [3.8, 4) is 0 Å². The first-order chi connectivity index (χ1) is 13.1. The Kier molecular flexibility index (Phi) is 3.14. The maximum Gasteiger partial charge on any atom is 0.267 e. The maximum absolute atomic E-state index is 13.1. The number of anilines is 3. The summed E-state index contributed by atoms with van der Waals surface area (Å²) in [5.74, 6) is 1.60. The first kappa shape index (κ1) is 15.3. The molecule has 4 N–H and O–H groups in total. The van der Waals surface area contributed by atoms with Crippen LogP contribution in [0, 0.1) is 6.92 Å². The lowest BCUT2D eigenvalue weighted by atomic mass is 10.2. The Hall–Kier alpha value is -3.94. The van der Waals surface area contributed by atoms with Crippen molar-refractivity contribution in [1.82, 2.24) is 24.6 Å². The van der Waals surface area contributed by atoms with Crippen LogP contribution in [0.4, 0.5) is 17.3 Å². The van der Waals surface area contributed by atoms with Crippen molar-refractivity contribution in [2.75, 3.05) is 11.1 Å². The topological polar surface area (TPSA) is 114 Å². The van der Waals surface area contributed by atoms with Crippen molar-refractivity contribution in [1.29, 1.82) is 0 Å². The number of nitrogens with two attached hydrogens (primary N) is 1. The Labute approximate surface area is 152 Å². The van der Waals surface area contributed by atoms with E-state index in [0.29, 0.717) is 34.0 Å². The van der Waals surface area contributed by atoms with Gasteiger partial charge in [-0.1, -0.05) is 12.1 Å². The number of hydrogen-bond donors (Lipinski definition) is 3. The molecule has 0 bridgehead atoms. The van der Waals surface area contributed by atoms with E-state index in [1.807, 2.05) is 37.3 Å². The summed E-state index contributed by atoms with van der Waals surface area (Å²) in [5.41, 5.74) is 8.32. The van der Waals surface area contributed by atoms with Crippen molar-refractivity contribution in [2.24, 2.45) is 0 Å². The number of fused-ring (bicyclic) bond motifs is 4. The van der Waals surface area contributed by atoms with E-state index in [4.69, 9.17) is 5.73 Å². The molecule has 8 heteroatoms. The second kappa shape index (κ2) is 5.53. The van der Waals surface area contributed by atoms with Crippen LogP contribution in [0.2, 0.25) is 0 Å². The van der Waals surface area contributed by atoms with Gasteiger partial charge in [-0.15, -0.1) is 0 Å². The number of nitrogens with zero attached hydrogens (tertiary/aromatic N) is 4. The number of rotatable bonds is 2. The molecule has 5 rings (SSSR count). The number of hydrogen-bond acceptors (Lipinski definition) is 6. The molecule has 0 aliphatic heterocycles. The van der Waals surface area contributed by atoms with E-state index in [1.54, 1.807) is 18.2 Å². The monoisotopic (exact) mass is 357 g/mol.